The highest BCUT2D eigenvalue weighted by Gasteiger charge is 2.11. The Bertz CT molecular complexity index is 721. The number of hydrogen-bond donors (Lipinski definition) is 2. The van der Waals surface area contributed by atoms with Crippen molar-refractivity contribution in [1.29, 1.82) is 5.26 Å². The maximum atomic E-state index is 11.4. The molecule has 1 heterocycles. The van der Waals surface area contributed by atoms with Crippen molar-refractivity contribution >= 4 is 29.3 Å². The van der Waals surface area contributed by atoms with Gasteiger partial charge in [0.15, 0.2) is 5.16 Å². The number of nitrogen functional groups attached to an aromatic ring is 1. The third-order valence-electron chi connectivity index (χ3n) is 2.35. The van der Waals surface area contributed by atoms with Crippen molar-refractivity contribution in [2.75, 3.05) is 11.5 Å². The molecule has 0 fully saturated rings. The van der Waals surface area contributed by atoms with E-state index in [9.17, 15) is 10.1 Å². The molecule has 5 nitrogen and oxygen atoms in total. The molecule has 0 amide bonds. The average Bonchev–Trinajstić information content (AvgIpc) is 2.38. The molecule has 0 aliphatic carbocycles. The SMILES string of the molecule is CCSc1cccc(Sc2nc(N)cc(=O)[nH]2)c1C#N. The molecule has 0 aliphatic rings. The van der Waals surface area contributed by atoms with Crippen LogP contribution >= 0.6 is 23.5 Å². The fourth-order valence-corrected chi connectivity index (χ4v) is 3.35. The van der Waals surface area contributed by atoms with E-state index in [1.165, 1.54) is 17.8 Å². The molecule has 3 N–H and O–H groups in total. The van der Waals surface area contributed by atoms with Crippen molar-refractivity contribution in [3.63, 3.8) is 0 Å². The summed E-state index contributed by atoms with van der Waals surface area (Å²) >= 11 is 2.83. The first-order valence-corrected chi connectivity index (χ1v) is 7.65. The Labute approximate surface area is 124 Å². The minimum absolute atomic E-state index is 0.161. The molecule has 0 spiro atoms. The monoisotopic (exact) mass is 304 g/mol. The number of benzene rings is 1. The third kappa shape index (κ3) is 3.35. The molecule has 1 aromatic carbocycles. The van der Waals surface area contributed by atoms with E-state index < -0.39 is 0 Å². The van der Waals surface area contributed by atoms with Gasteiger partial charge in [-0.15, -0.1) is 11.8 Å². The highest BCUT2D eigenvalue weighted by molar-refractivity contribution is 8.00. The van der Waals surface area contributed by atoms with Crippen LogP contribution in [-0.2, 0) is 0 Å². The van der Waals surface area contributed by atoms with E-state index in [4.69, 9.17) is 5.73 Å². The van der Waals surface area contributed by atoms with Crippen LogP contribution in [0.4, 0.5) is 5.82 Å². The molecule has 0 saturated heterocycles. The van der Waals surface area contributed by atoms with Crippen molar-refractivity contribution in [2.24, 2.45) is 0 Å². The molecule has 0 bridgehead atoms. The fraction of sp³-hybridized carbons (Fsp3) is 0.154. The normalized spacial score (nSPS) is 10.2. The predicted molar refractivity (Wildman–Crippen MR) is 80.9 cm³/mol. The van der Waals surface area contributed by atoms with Crippen LogP contribution < -0.4 is 11.3 Å². The molecular weight excluding hydrogens is 292 g/mol. The van der Waals surface area contributed by atoms with E-state index in [1.807, 2.05) is 25.1 Å². The summed E-state index contributed by atoms with van der Waals surface area (Å²) < 4.78 is 0. The Morgan fingerprint density at radius 3 is 2.85 bits per heavy atom. The van der Waals surface area contributed by atoms with Crippen LogP contribution in [0.3, 0.4) is 0 Å². The Balaban J connectivity index is 2.41. The van der Waals surface area contributed by atoms with Gasteiger partial charge in [0.1, 0.15) is 11.9 Å². The van der Waals surface area contributed by atoms with E-state index >= 15 is 0 Å². The number of nitrogens with one attached hydrogen (secondary N) is 1. The highest BCUT2D eigenvalue weighted by atomic mass is 32.2. The van der Waals surface area contributed by atoms with Crippen molar-refractivity contribution in [2.45, 2.75) is 21.9 Å². The van der Waals surface area contributed by atoms with Gasteiger partial charge in [-0.3, -0.25) is 4.79 Å². The minimum Gasteiger partial charge on any atom is -0.383 e. The van der Waals surface area contributed by atoms with Crippen LogP contribution in [0.2, 0.25) is 0 Å². The topological polar surface area (TPSA) is 95.6 Å². The van der Waals surface area contributed by atoms with E-state index in [1.54, 1.807) is 11.8 Å². The van der Waals surface area contributed by atoms with Gasteiger partial charge in [-0.25, -0.2) is 4.98 Å². The second-order valence-electron chi connectivity index (χ2n) is 3.75. The van der Waals surface area contributed by atoms with Crippen LogP contribution in [0, 0.1) is 11.3 Å². The van der Waals surface area contributed by atoms with Crippen LogP contribution in [-0.4, -0.2) is 15.7 Å². The predicted octanol–water partition coefficient (Wildman–Crippen LogP) is 2.49. The summed E-state index contributed by atoms with van der Waals surface area (Å²) in [6, 6.07) is 9.04. The van der Waals surface area contributed by atoms with E-state index in [0.717, 1.165) is 15.5 Å². The van der Waals surface area contributed by atoms with Gasteiger partial charge in [0.05, 0.1) is 5.56 Å². The molecule has 0 saturated carbocycles. The first kappa shape index (κ1) is 14.5. The first-order chi connectivity index (χ1) is 9.63. The number of hydrogen-bond acceptors (Lipinski definition) is 6. The molecule has 102 valence electrons. The molecular formula is C13H12N4OS2. The van der Waals surface area contributed by atoms with Crippen LogP contribution in [0.1, 0.15) is 12.5 Å². The number of H-pyrrole nitrogens is 1. The summed E-state index contributed by atoms with van der Waals surface area (Å²) in [5.41, 5.74) is 5.83. The molecule has 20 heavy (non-hydrogen) atoms. The summed E-state index contributed by atoms with van der Waals surface area (Å²) in [6.07, 6.45) is 0. The Kier molecular flexibility index (Phi) is 4.71. The zero-order valence-corrected chi connectivity index (χ0v) is 12.3. The lowest BCUT2D eigenvalue weighted by molar-refractivity contribution is 0.944. The van der Waals surface area contributed by atoms with Gasteiger partial charge in [0, 0.05) is 15.9 Å². The van der Waals surface area contributed by atoms with Gasteiger partial charge in [-0.1, -0.05) is 24.8 Å². The van der Waals surface area contributed by atoms with E-state index in [0.29, 0.717) is 10.7 Å². The smallest absolute Gasteiger partial charge is 0.253 e. The maximum Gasteiger partial charge on any atom is 0.253 e. The summed E-state index contributed by atoms with van der Waals surface area (Å²) in [6.45, 7) is 2.03. The number of rotatable bonds is 4. The number of nitrogens with zero attached hydrogens (tertiary/aromatic N) is 2. The first-order valence-electron chi connectivity index (χ1n) is 5.84. The van der Waals surface area contributed by atoms with E-state index in [2.05, 4.69) is 16.0 Å². The zero-order chi connectivity index (χ0) is 14.5. The van der Waals surface area contributed by atoms with Gasteiger partial charge >= 0.3 is 0 Å². The minimum atomic E-state index is -0.308. The lowest BCUT2D eigenvalue weighted by Gasteiger charge is -2.07. The highest BCUT2D eigenvalue weighted by Crippen LogP contribution is 2.33. The van der Waals surface area contributed by atoms with Crippen LogP contribution in [0.5, 0.6) is 0 Å². The standard InChI is InChI=1S/C13H12N4OS2/c1-2-19-9-4-3-5-10(8(9)7-14)20-13-16-11(15)6-12(18)17-13/h3-6H,2H2,1H3,(H3,15,16,17,18). The second-order valence-corrected chi connectivity index (χ2v) is 6.09. The summed E-state index contributed by atoms with van der Waals surface area (Å²) in [5, 5.41) is 9.70. The molecule has 2 aromatic rings. The third-order valence-corrected chi connectivity index (χ3v) is 4.23. The summed E-state index contributed by atoms with van der Waals surface area (Å²) in [7, 11) is 0. The van der Waals surface area contributed by atoms with Gasteiger partial charge in [-0.05, 0) is 17.9 Å². The Morgan fingerprint density at radius 1 is 1.45 bits per heavy atom. The number of aromatic amines is 1. The van der Waals surface area contributed by atoms with E-state index in [-0.39, 0.29) is 11.4 Å². The number of nitrogens with two attached hydrogens (primary N) is 1. The molecule has 7 heteroatoms. The molecule has 0 unspecified atom stereocenters. The van der Waals surface area contributed by atoms with Crippen LogP contribution in [0.15, 0.2) is 44.0 Å². The van der Waals surface area contributed by atoms with Crippen molar-refractivity contribution < 1.29 is 0 Å². The average molecular weight is 304 g/mol. The lowest BCUT2D eigenvalue weighted by atomic mass is 10.2. The largest absolute Gasteiger partial charge is 0.383 e. The molecule has 0 atom stereocenters. The lowest BCUT2D eigenvalue weighted by Crippen LogP contribution is -2.09. The molecule has 1 aromatic heterocycles. The van der Waals surface area contributed by atoms with Gasteiger partial charge in [0.25, 0.3) is 5.56 Å². The summed E-state index contributed by atoms with van der Waals surface area (Å²) in [4.78, 5) is 19.7. The Morgan fingerprint density at radius 2 is 2.20 bits per heavy atom. The molecule has 2 rings (SSSR count). The van der Waals surface area contributed by atoms with Crippen LogP contribution in [0.25, 0.3) is 0 Å². The molecule has 0 aliphatic heterocycles. The number of aromatic nitrogens is 2. The fourth-order valence-electron chi connectivity index (χ4n) is 1.59. The second kappa shape index (κ2) is 6.50. The van der Waals surface area contributed by atoms with Gasteiger partial charge in [0.2, 0.25) is 0 Å². The summed E-state index contributed by atoms with van der Waals surface area (Å²) in [5.74, 6) is 1.05. The molecule has 0 radical (unpaired) electrons. The van der Waals surface area contributed by atoms with Crippen molar-refractivity contribution in [3.05, 3.63) is 40.2 Å². The number of anilines is 1. The Hall–Kier alpha value is -1.91. The maximum absolute atomic E-state index is 11.4. The quantitative estimate of drug-likeness (QED) is 0.665. The van der Waals surface area contributed by atoms with Gasteiger partial charge in [-0.2, -0.15) is 5.26 Å². The van der Waals surface area contributed by atoms with Crippen molar-refractivity contribution in [1.82, 2.24) is 9.97 Å². The number of nitriles is 1. The van der Waals surface area contributed by atoms with Gasteiger partial charge < -0.3 is 10.7 Å². The number of thioether (sulfide) groups is 1. The zero-order valence-electron chi connectivity index (χ0n) is 10.7. The van der Waals surface area contributed by atoms with Crippen molar-refractivity contribution in [3.8, 4) is 6.07 Å².